The van der Waals surface area contributed by atoms with Gasteiger partial charge in [0.15, 0.2) is 0 Å². The zero-order valence-electron chi connectivity index (χ0n) is 7.77. The highest BCUT2D eigenvalue weighted by molar-refractivity contribution is 7.10. The summed E-state index contributed by atoms with van der Waals surface area (Å²) >= 11 is 7.21. The minimum Gasteiger partial charge on any atom is -0.240 e. The predicted molar refractivity (Wildman–Crippen MR) is 61.8 cm³/mol. The Hall–Kier alpha value is -1.37. The van der Waals surface area contributed by atoms with E-state index in [1.54, 1.807) is 6.07 Å². The lowest BCUT2D eigenvalue weighted by Gasteiger charge is -1.96. The Morgan fingerprint density at radius 1 is 1.47 bits per heavy atom. The van der Waals surface area contributed by atoms with Crippen LogP contribution < -0.4 is 0 Å². The quantitative estimate of drug-likeness (QED) is 0.747. The number of rotatable bonds is 2. The molecule has 2 aromatic rings. The van der Waals surface area contributed by atoms with Crippen LogP contribution in [0.2, 0.25) is 0 Å². The van der Waals surface area contributed by atoms with Crippen LogP contribution in [0, 0.1) is 11.3 Å². The highest BCUT2D eigenvalue weighted by Crippen LogP contribution is 2.23. The largest absolute Gasteiger partial charge is 0.240 e. The van der Waals surface area contributed by atoms with Gasteiger partial charge in [0.2, 0.25) is 0 Å². The molecule has 0 aliphatic rings. The zero-order chi connectivity index (χ0) is 10.7. The maximum Gasteiger partial charge on any atom is 0.108 e. The van der Waals surface area contributed by atoms with E-state index in [1.165, 1.54) is 11.3 Å². The van der Waals surface area contributed by atoms with Gasteiger partial charge in [-0.25, -0.2) is 4.98 Å². The summed E-state index contributed by atoms with van der Waals surface area (Å²) in [5.74, 6) is 0.433. The third-order valence-electron chi connectivity index (χ3n) is 1.95. The fraction of sp³-hybridized carbons (Fsp3) is 0.0909. The van der Waals surface area contributed by atoms with Crippen molar-refractivity contribution in [2.24, 2.45) is 0 Å². The number of nitriles is 1. The molecule has 2 nitrogen and oxygen atoms in total. The lowest BCUT2D eigenvalue weighted by molar-refractivity contribution is 1.26. The highest BCUT2D eigenvalue weighted by Gasteiger charge is 2.04. The minimum atomic E-state index is 0.433. The molecule has 0 bridgehead atoms. The molecule has 0 spiro atoms. The molecule has 2 rings (SSSR count). The Balaban J connectivity index is 2.41. The number of aromatic nitrogens is 1. The van der Waals surface area contributed by atoms with Gasteiger partial charge < -0.3 is 0 Å². The van der Waals surface area contributed by atoms with Crippen LogP contribution >= 0.6 is 22.9 Å². The molecule has 0 N–H and O–H groups in total. The molecule has 4 heteroatoms. The van der Waals surface area contributed by atoms with Crippen LogP contribution in [0.4, 0.5) is 0 Å². The monoisotopic (exact) mass is 234 g/mol. The van der Waals surface area contributed by atoms with E-state index in [-0.39, 0.29) is 0 Å². The van der Waals surface area contributed by atoms with E-state index in [0.29, 0.717) is 11.4 Å². The van der Waals surface area contributed by atoms with Gasteiger partial charge in [-0.15, -0.1) is 22.9 Å². The lowest BCUT2D eigenvalue weighted by Crippen LogP contribution is -1.81. The van der Waals surface area contributed by atoms with Crippen LogP contribution in [0.25, 0.3) is 11.3 Å². The third-order valence-corrected chi connectivity index (χ3v) is 3.21. The smallest absolute Gasteiger partial charge is 0.108 e. The molecule has 0 saturated heterocycles. The molecule has 0 fully saturated rings. The first-order valence-corrected chi connectivity index (χ1v) is 5.76. The zero-order valence-corrected chi connectivity index (χ0v) is 9.35. The molecule has 0 saturated carbocycles. The fourth-order valence-corrected chi connectivity index (χ4v) is 2.15. The molecule has 0 atom stereocenters. The molecule has 0 aliphatic carbocycles. The van der Waals surface area contributed by atoms with Gasteiger partial charge in [-0.3, -0.25) is 0 Å². The van der Waals surface area contributed by atoms with Gasteiger partial charge in [0, 0.05) is 10.9 Å². The molecule has 0 unspecified atom stereocenters. The predicted octanol–water partition coefficient (Wildman–Crippen LogP) is 3.42. The van der Waals surface area contributed by atoms with Crippen LogP contribution in [0.5, 0.6) is 0 Å². The van der Waals surface area contributed by atoms with E-state index in [0.717, 1.165) is 16.3 Å². The molecule has 1 aromatic heterocycles. The van der Waals surface area contributed by atoms with Gasteiger partial charge in [-0.05, 0) is 12.1 Å². The third kappa shape index (κ3) is 2.17. The summed E-state index contributed by atoms with van der Waals surface area (Å²) in [5, 5.41) is 11.6. The Kier molecular flexibility index (Phi) is 3.00. The maximum absolute atomic E-state index is 8.77. The molecule has 15 heavy (non-hydrogen) atoms. The molecule has 0 aliphatic heterocycles. The Morgan fingerprint density at radius 2 is 2.33 bits per heavy atom. The first-order valence-electron chi connectivity index (χ1n) is 4.34. The molecular formula is C11H7ClN2S. The van der Waals surface area contributed by atoms with Gasteiger partial charge in [0.25, 0.3) is 0 Å². The second-order valence-corrected chi connectivity index (χ2v) is 4.16. The average molecular weight is 235 g/mol. The minimum absolute atomic E-state index is 0.433. The summed E-state index contributed by atoms with van der Waals surface area (Å²) in [6.07, 6.45) is 0. The van der Waals surface area contributed by atoms with Crippen molar-refractivity contribution in [2.75, 3.05) is 0 Å². The molecule has 0 amide bonds. The molecular weight excluding hydrogens is 228 g/mol. The van der Waals surface area contributed by atoms with Gasteiger partial charge in [-0.1, -0.05) is 12.1 Å². The average Bonchev–Trinajstić information content (AvgIpc) is 2.78. The number of alkyl halides is 1. The van der Waals surface area contributed by atoms with Crippen molar-refractivity contribution in [3.63, 3.8) is 0 Å². The van der Waals surface area contributed by atoms with Crippen molar-refractivity contribution in [1.29, 1.82) is 5.26 Å². The number of benzene rings is 1. The molecule has 1 heterocycles. The van der Waals surface area contributed by atoms with Crippen LogP contribution in [0.15, 0.2) is 29.6 Å². The van der Waals surface area contributed by atoms with Gasteiger partial charge in [-0.2, -0.15) is 5.26 Å². The van der Waals surface area contributed by atoms with Crippen molar-refractivity contribution in [3.05, 3.63) is 40.2 Å². The van der Waals surface area contributed by atoms with Crippen molar-refractivity contribution >= 4 is 22.9 Å². The van der Waals surface area contributed by atoms with Crippen LogP contribution in [-0.4, -0.2) is 4.98 Å². The van der Waals surface area contributed by atoms with E-state index < -0.39 is 0 Å². The van der Waals surface area contributed by atoms with Gasteiger partial charge >= 0.3 is 0 Å². The SMILES string of the molecule is N#Cc1cccc(-c2csc(CCl)n2)c1. The van der Waals surface area contributed by atoms with Crippen molar-refractivity contribution in [1.82, 2.24) is 4.98 Å². The topological polar surface area (TPSA) is 36.7 Å². The first kappa shape index (κ1) is 10.2. The van der Waals surface area contributed by atoms with Gasteiger partial charge in [0.1, 0.15) is 5.01 Å². The molecule has 0 radical (unpaired) electrons. The number of hydrogen-bond acceptors (Lipinski definition) is 3. The Labute approximate surface area is 96.8 Å². The van der Waals surface area contributed by atoms with E-state index in [2.05, 4.69) is 11.1 Å². The second-order valence-electron chi connectivity index (χ2n) is 2.95. The summed E-state index contributed by atoms with van der Waals surface area (Å²) < 4.78 is 0. The molecule has 74 valence electrons. The standard InChI is InChI=1S/C11H7ClN2S/c12-5-11-14-10(7-15-11)9-3-1-2-8(4-9)6-13/h1-4,7H,5H2. The number of halogens is 1. The van der Waals surface area contributed by atoms with E-state index in [1.807, 2.05) is 23.6 Å². The lowest BCUT2D eigenvalue weighted by atomic mass is 10.1. The van der Waals surface area contributed by atoms with E-state index >= 15 is 0 Å². The van der Waals surface area contributed by atoms with Crippen LogP contribution in [-0.2, 0) is 5.88 Å². The number of hydrogen-bond donors (Lipinski definition) is 0. The Bertz CT molecular complexity index is 513. The van der Waals surface area contributed by atoms with E-state index in [9.17, 15) is 0 Å². The maximum atomic E-state index is 8.77. The highest BCUT2D eigenvalue weighted by atomic mass is 35.5. The second kappa shape index (κ2) is 4.43. The van der Waals surface area contributed by atoms with Crippen molar-refractivity contribution in [2.45, 2.75) is 5.88 Å². The Morgan fingerprint density at radius 3 is 3.00 bits per heavy atom. The summed E-state index contributed by atoms with van der Waals surface area (Å²) in [6, 6.07) is 9.50. The summed E-state index contributed by atoms with van der Waals surface area (Å²) in [7, 11) is 0. The number of nitrogens with zero attached hydrogens (tertiary/aromatic N) is 2. The summed E-state index contributed by atoms with van der Waals surface area (Å²) in [6.45, 7) is 0. The van der Waals surface area contributed by atoms with Crippen molar-refractivity contribution < 1.29 is 0 Å². The van der Waals surface area contributed by atoms with Crippen LogP contribution in [0.3, 0.4) is 0 Å². The van der Waals surface area contributed by atoms with Crippen LogP contribution in [0.1, 0.15) is 10.6 Å². The van der Waals surface area contributed by atoms with Gasteiger partial charge in [0.05, 0.1) is 23.2 Å². The summed E-state index contributed by atoms with van der Waals surface area (Å²) in [5.41, 5.74) is 2.49. The van der Waals surface area contributed by atoms with Crippen molar-refractivity contribution in [3.8, 4) is 17.3 Å². The van der Waals surface area contributed by atoms with E-state index in [4.69, 9.17) is 16.9 Å². The molecule has 1 aromatic carbocycles. The summed E-state index contributed by atoms with van der Waals surface area (Å²) in [4.78, 5) is 4.35. The normalized spacial score (nSPS) is 9.87. The first-order chi connectivity index (χ1) is 7.33. The number of thiazole rings is 1. The fourth-order valence-electron chi connectivity index (χ4n) is 1.25.